The molecule has 1 fully saturated rings. The standard InChI is InChI=1S/C22H24N4O5/c1-3-20(27)23-16-6-4-7-17(13-16)24-21(28)19-8-5-11-25(19)22(29)15-9-10-18(26(30)31)14(2)12-15/h4,6-7,9-10,12-13,19H,3,5,8,11H2,1-2H3,(H,23,27)(H,24,28). The van der Waals surface area contributed by atoms with Crippen molar-refractivity contribution in [1.29, 1.82) is 0 Å². The van der Waals surface area contributed by atoms with Gasteiger partial charge in [-0.25, -0.2) is 0 Å². The zero-order valence-electron chi connectivity index (χ0n) is 17.4. The first-order valence-electron chi connectivity index (χ1n) is 10.1. The maximum absolute atomic E-state index is 13.0. The summed E-state index contributed by atoms with van der Waals surface area (Å²) in [7, 11) is 0. The van der Waals surface area contributed by atoms with Crippen molar-refractivity contribution in [1.82, 2.24) is 4.90 Å². The topological polar surface area (TPSA) is 122 Å². The molecule has 9 heteroatoms. The molecule has 2 N–H and O–H groups in total. The first kappa shape index (κ1) is 21.9. The minimum absolute atomic E-state index is 0.0534. The highest BCUT2D eigenvalue weighted by Gasteiger charge is 2.35. The Labute approximate surface area is 179 Å². The zero-order valence-corrected chi connectivity index (χ0v) is 17.4. The minimum atomic E-state index is -0.642. The Bertz CT molecular complexity index is 1040. The molecule has 1 heterocycles. The van der Waals surface area contributed by atoms with Gasteiger partial charge in [-0.3, -0.25) is 24.5 Å². The van der Waals surface area contributed by atoms with Crippen molar-refractivity contribution >= 4 is 34.8 Å². The van der Waals surface area contributed by atoms with Gasteiger partial charge >= 0.3 is 0 Å². The van der Waals surface area contributed by atoms with E-state index in [0.29, 0.717) is 48.3 Å². The third-order valence-electron chi connectivity index (χ3n) is 5.19. The van der Waals surface area contributed by atoms with Crippen molar-refractivity contribution in [3.05, 3.63) is 63.7 Å². The molecule has 9 nitrogen and oxygen atoms in total. The quantitative estimate of drug-likeness (QED) is 0.543. The number of carbonyl (C=O) groups excluding carboxylic acids is 3. The van der Waals surface area contributed by atoms with Gasteiger partial charge in [0.05, 0.1) is 4.92 Å². The summed E-state index contributed by atoms with van der Waals surface area (Å²) in [4.78, 5) is 49.5. The van der Waals surface area contributed by atoms with E-state index in [9.17, 15) is 24.5 Å². The molecule has 1 saturated heterocycles. The van der Waals surface area contributed by atoms with Crippen LogP contribution in [0.15, 0.2) is 42.5 Å². The Hall–Kier alpha value is -3.75. The van der Waals surface area contributed by atoms with E-state index in [4.69, 9.17) is 0 Å². The molecule has 2 aromatic carbocycles. The van der Waals surface area contributed by atoms with Crippen LogP contribution in [0.2, 0.25) is 0 Å². The number of amides is 3. The summed E-state index contributed by atoms with van der Waals surface area (Å²) in [5.41, 5.74) is 1.74. The SMILES string of the molecule is CCC(=O)Nc1cccc(NC(=O)C2CCCN2C(=O)c2ccc([N+](=O)[O-])c(C)c2)c1. The molecule has 31 heavy (non-hydrogen) atoms. The van der Waals surface area contributed by atoms with Crippen LogP contribution < -0.4 is 10.6 Å². The average molecular weight is 424 g/mol. The molecule has 162 valence electrons. The van der Waals surface area contributed by atoms with Crippen LogP contribution in [-0.4, -0.2) is 40.1 Å². The molecule has 1 unspecified atom stereocenters. The van der Waals surface area contributed by atoms with Crippen molar-refractivity contribution in [2.45, 2.75) is 39.2 Å². The molecule has 0 radical (unpaired) electrons. The van der Waals surface area contributed by atoms with E-state index in [1.54, 1.807) is 38.1 Å². The number of nitrogens with zero attached hydrogens (tertiary/aromatic N) is 2. The fourth-order valence-electron chi connectivity index (χ4n) is 3.59. The number of anilines is 2. The molecule has 1 atom stereocenters. The van der Waals surface area contributed by atoms with Crippen molar-refractivity contribution < 1.29 is 19.3 Å². The monoisotopic (exact) mass is 424 g/mol. The summed E-state index contributed by atoms with van der Waals surface area (Å²) in [6.07, 6.45) is 1.55. The van der Waals surface area contributed by atoms with Gasteiger partial charge in [0.15, 0.2) is 0 Å². The summed E-state index contributed by atoms with van der Waals surface area (Å²) >= 11 is 0. The molecule has 0 spiro atoms. The molecular weight excluding hydrogens is 400 g/mol. The van der Waals surface area contributed by atoms with Crippen LogP contribution in [0.1, 0.15) is 42.1 Å². The number of likely N-dealkylation sites (tertiary alicyclic amines) is 1. The van der Waals surface area contributed by atoms with Crippen LogP contribution in [0.3, 0.4) is 0 Å². The lowest BCUT2D eigenvalue weighted by Gasteiger charge is -2.24. The predicted octanol–water partition coefficient (Wildman–Crippen LogP) is 3.50. The maximum atomic E-state index is 13.0. The smallest absolute Gasteiger partial charge is 0.272 e. The number of hydrogen-bond acceptors (Lipinski definition) is 5. The highest BCUT2D eigenvalue weighted by molar-refractivity contribution is 6.02. The Kier molecular flexibility index (Phi) is 6.64. The molecule has 2 aromatic rings. The Morgan fingerprint density at radius 3 is 2.48 bits per heavy atom. The molecule has 1 aliphatic heterocycles. The van der Waals surface area contributed by atoms with E-state index >= 15 is 0 Å². The lowest BCUT2D eigenvalue weighted by Crippen LogP contribution is -2.43. The van der Waals surface area contributed by atoms with Gasteiger partial charge in [0, 0.05) is 41.5 Å². The molecule has 0 aromatic heterocycles. The van der Waals surface area contributed by atoms with Crippen molar-refractivity contribution in [3.8, 4) is 0 Å². The van der Waals surface area contributed by atoms with Gasteiger partial charge < -0.3 is 15.5 Å². The van der Waals surface area contributed by atoms with Crippen LogP contribution in [-0.2, 0) is 9.59 Å². The molecule has 0 saturated carbocycles. The summed E-state index contributed by atoms with van der Waals surface area (Å²) in [5, 5.41) is 16.6. The van der Waals surface area contributed by atoms with Crippen LogP contribution in [0.4, 0.5) is 17.1 Å². The minimum Gasteiger partial charge on any atom is -0.327 e. The second-order valence-electron chi connectivity index (χ2n) is 7.39. The van der Waals surface area contributed by atoms with Crippen molar-refractivity contribution in [3.63, 3.8) is 0 Å². The van der Waals surface area contributed by atoms with Crippen molar-refractivity contribution in [2.75, 3.05) is 17.2 Å². The Morgan fingerprint density at radius 2 is 1.84 bits per heavy atom. The predicted molar refractivity (Wildman–Crippen MR) is 116 cm³/mol. The number of nitro benzene ring substituents is 1. The van der Waals surface area contributed by atoms with Crippen molar-refractivity contribution in [2.24, 2.45) is 0 Å². The van der Waals surface area contributed by atoms with Gasteiger partial charge in [-0.1, -0.05) is 13.0 Å². The maximum Gasteiger partial charge on any atom is 0.272 e. The van der Waals surface area contributed by atoms with Gasteiger partial charge in [-0.2, -0.15) is 0 Å². The van der Waals surface area contributed by atoms with Crippen LogP contribution in [0.5, 0.6) is 0 Å². The van der Waals surface area contributed by atoms with Gasteiger partial charge in [0.2, 0.25) is 11.8 Å². The molecule has 0 bridgehead atoms. The molecule has 1 aliphatic rings. The molecule has 0 aliphatic carbocycles. The summed E-state index contributed by atoms with van der Waals surface area (Å²) in [6, 6.07) is 10.4. The van der Waals surface area contributed by atoms with Gasteiger partial charge in [0.25, 0.3) is 11.6 Å². The van der Waals surface area contributed by atoms with Gasteiger partial charge in [0.1, 0.15) is 6.04 Å². The van der Waals surface area contributed by atoms with Crippen LogP contribution >= 0.6 is 0 Å². The number of nitrogens with one attached hydrogen (secondary N) is 2. The number of aryl methyl sites for hydroxylation is 1. The van der Waals surface area contributed by atoms with E-state index < -0.39 is 11.0 Å². The average Bonchev–Trinajstić information content (AvgIpc) is 3.23. The summed E-state index contributed by atoms with van der Waals surface area (Å²) < 4.78 is 0. The Balaban J connectivity index is 1.73. The lowest BCUT2D eigenvalue weighted by atomic mass is 10.1. The number of benzene rings is 2. The van der Waals surface area contributed by atoms with E-state index in [0.717, 1.165) is 0 Å². The molecule has 3 rings (SSSR count). The highest BCUT2D eigenvalue weighted by atomic mass is 16.6. The number of carbonyl (C=O) groups is 3. The fraction of sp³-hybridized carbons (Fsp3) is 0.318. The fourth-order valence-corrected chi connectivity index (χ4v) is 3.59. The van der Waals surface area contributed by atoms with Gasteiger partial charge in [-0.05, 0) is 50.1 Å². The first-order valence-corrected chi connectivity index (χ1v) is 10.1. The lowest BCUT2D eigenvalue weighted by molar-refractivity contribution is -0.385. The molecular formula is C22H24N4O5. The zero-order chi connectivity index (χ0) is 22.5. The van der Waals surface area contributed by atoms with E-state index in [1.807, 2.05) is 0 Å². The van der Waals surface area contributed by atoms with E-state index in [-0.39, 0.29) is 23.4 Å². The van der Waals surface area contributed by atoms with Gasteiger partial charge in [-0.15, -0.1) is 0 Å². The summed E-state index contributed by atoms with van der Waals surface area (Å²) in [5.74, 6) is -0.780. The van der Waals surface area contributed by atoms with E-state index in [2.05, 4.69) is 10.6 Å². The molecule has 3 amide bonds. The van der Waals surface area contributed by atoms with E-state index in [1.165, 1.54) is 23.1 Å². The Morgan fingerprint density at radius 1 is 1.13 bits per heavy atom. The normalized spacial score (nSPS) is 15.4. The summed E-state index contributed by atoms with van der Waals surface area (Å²) in [6.45, 7) is 3.76. The third-order valence-corrected chi connectivity index (χ3v) is 5.19. The second kappa shape index (κ2) is 9.38. The first-order chi connectivity index (χ1) is 14.8. The second-order valence-corrected chi connectivity index (χ2v) is 7.39. The highest BCUT2D eigenvalue weighted by Crippen LogP contribution is 2.25. The van der Waals surface area contributed by atoms with Crippen LogP contribution in [0, 0.1) is 17.0 Å². The number of nitro groups is 1. The number of rotatable bonds is 6. The van der Waals surface area contributed by atoms with Crippen LogP contribution in [0.25, 0.3) is 0 Å². The number of hydrogen-bond donors (Lipinski definition) is 2. The largest absolute Gasteiger partial charge is 0.327 e. The third kappa shape index (κ3) is 5.06.